The molecule has 2 aromatic rings. The summed E-state index contributed by atoms with van der Waals surface area (Å²) in [6.45, 7) is 0. The molecule has 0 aliphatic rings. The van der Waals surface area contributed by atoms with Crippen LogP contribution in [0.3, 0.4) is 0 Å². The Labute approximate surface area is 131 Å². The molecule has 0 spiro atoms. The SMILES string of the molecule is COc1ccc(C(O)c2ccc(Cl)c(F)c2)c(OC)c1Cl. The molecule has 21 heavy (non-hydrogen) atoms. The van der Waals surface area contributed by atoms with Crippen LogP contribution in [0.25, 0.3) is 0 Å². The van der Waals surface area contributed by atoms with E-state index in [1.165, 1.54) is 32.4 Å². The van der Waals surface area contributed by atoms with Gasteiger partial charge in [-0.05, 0) is 29.8 Å². The van der Waals surface area contributed by atoms with E-state index >= 15 is 0 Å². The summed E-state index contributed by atoms with van der Waals surface area (Å²) in [6, 6.07) is 7.31. The van der Waals surface area contributed by atoms with Crippen molar-refractivity contribution in [1.29, 1.82) is 0 Å². The summed E-state index contributed by atoms with van der Waals surface area (Å²) in [6.07, 6.45) is -1.10. The van der Waals surface area contributed by atoms with Gasteiger partial charge in [0, 0.05) is 5.56 Å². The number of ether oxygens (including phenoxy) is 2. The van der Waals surface area contributed by atoms with Crippen molar-refractivity contribution < 1.29 is 19.0 Å². The minimum Gasteiger partial charge on any atom is -0.495 e. The lowest BCUT2D eigenvalue weighted by Crippen LogP contribution is -2.04. The summed E-state index contributed by atoms with van der Waals surface area (Å²) in [4.78, 5) is 0. The Balaban J connectivity index is 2.50. The molecule has 0 aliphatic carbocycles. The van der Waals surface area contributed by atoms with Gasteiger partial charge in [0.05, 0.1) is 19.2 Å². The van der Waals surface area contributed by atoms with Crippen molar-refractivity contribution in [3.8, 4) is 11.5 Å². The van der Waals surface area contributed by atoms with Crippen molar-refractivity contribution >= 4 is 23.2 Å². The van der Waals surface area contributed by atoms with Crippen LogP contribution in [0.2, 0.25) is 10.0 Å². The molecule has 0 bridgehead atoms. The van der Waals surface area contributed by atoms with Crippen molar-refractivity contribution in [2.75, 3.05) is 14.2 Å². The van der Waals surface area contributed by atoms with Gasteiger partial charge in [-0.3, -0.25) is 0 Å². The van der Waals surface area contributed by atoms with Gasteiger partial charge in [0.1, 0.15) is 28.4 Å². The van der Waals surface area contributed by atoms with E-state index in [4.69, 9.17) is 32.7 Å². The first kappa shape index (κ1) is 15.9. The van der Waals surface area contributed by atoms with Crippen LogP contribution in [0.1, 0.15) is 17.2 Å². The zero-order chi connectivity index (χ0) is 15.6. The summed E-state index contributed by atoms with van der Waals surface area (Å²) in [5, 5.41) is 10.7. The quantitative estimate of drug-likeness (QED) is 0.911. The first-order valence-corrected chi connectivity index (χ1v) is 6.78. The van der Waals surface area contributed by atoms with Gasteiger partial charge >= 0.3 is 0 Å². The summed E-state index contributed by atoms with van der Waals surface area (Å²) >= 11 is 11.8. The number of methoxy groups -OCH3 is 2. The van der Waals surface area contributed by atoms with E-state index in [0.29, 0.717) is 16.9 Å². The first-order chi connectivity index (χ1) is 9.99. The maximum absolute atomic E-state index is 13.5. The molecule has 0 aromatic heterocycles. The van der Waals surface area contributed by atoms with Gasteiger partial charge in [-0.1, -0.05) is 29.3 Å². The van der Waals surface area contributed by atoms with E-state index in [1.54, 1.807) is 12.1 Å². The lowest BCUT2D eigenvalue weighted by atomic mass is 10.0. The topological polar surface area (TPSA) is 38.7 Å². The molecule has 0 fully saturated rings. The van der Waals surface area contributed by atoms with Crippen molar-refractivity contribution in [1.82, 2.24) is 0 Å². The molecule has 0 heterocycles. The molecule has 1 atom stereocenters. The molecule has 3 nitrogen and oxygen atoms in total. The van der Waals surface area contributed by atoms with Gasteiger partial charge in [0.2, 0.25) is 0 Å². The monoisotopic (exact) mass is 330 g/mol. The lowest BCUT2D eigenvalue weighted by molar-refractivity contribution is 0.214. The highest BCUT2D eigenvalue weighted by atomic mass is 35.5. The molecule has 0 saturated heterocycles. The maximum atomic E-state index is 13.5. The molecule has 0 aliphatic heterocycles. The van der Waals surface area contributed by atoms with E-state index in [0.717, 1.165) is 0 Å². The molecule has 0 amide bonds. The van der Waals surface area contributed by atoms with Crippen LogP contribution in [-0.4, -0.2) is 19.3 Å². The third-order valence-electron chi connectivity index (χ3n) is 3.07. The Morgan fingerprint density at radius 1 is 1.10 bits per heavy atom. The number of rotatable bonds is 4. The molecular weight excluding hydrogens is 318 g/mol. The minimum absolute atomic E-state index is 0.00863. The largest absolute Gasteiger partial charge is 0.495 e. The third-order valence-corrected chi connectivity index (χ3v) is 3.73. The van der Waals surface area contributed by atoms with Gasteiger partial charge in [0.25, 0.3) is 0 Å². The Bertz CT molecular complexity index is 662. The van der Waals surface area contributed by atoms with Crippen molar-refractivity contribution in [3.05, 3.63) is 57.3 Å². The van der Waals surface area contributed by atoms with Gasteiger partial charge < -0.3 is 14.6 Å². The zero-order valence-corrected chi connectivity index (χ0v) is 12.9. The van der Waals surface area contributed by atoms with Crippen LogP contribution in [0.15, 0.2) is 30.3 Å². The van der Waals surface area contributed by atoms with Crippen molar-refractivity contribution in [3.63, 3.8) is 0 Å². The van der Waals surface area contributed by atoms with Gasteiger partial charge in [-0.25, -0.2) is 4.39 Å². The highest BCUT2D eigenvalue weighted by Crippen LogP contribution is 2.41. The fourth-order valence-corrected chi connectivity index (χ4v) is 2.44. The van der Waals surface area contributed by atoms with Crippen LogP contribution in [0.4, 0.5) is 4.39 Å². The Morgan fingerprint density at radius 3 is 2.38 bits per heavy atom. The third kappa shape index (κ3) is 3.07. The molecule has 2 aromatic carbocycles. The Kier molecular flexibility index (Phi) is 4.93. The number of benzene rings is 2. The van der Waals surface area contributed by atoms with Crippen LogP contribution < -0.4 is 9.47 Å². The molecule has 1 unspecified atom stereocenters. The Hall–Kier alpha value is -1.49. The second-order valence-corrected chi connectivity index (χ2v) is 5.07. The number of hydrogen-bond acceptors (Lipinski definition) is 3. The zero-order valence-electron chi connectivity index (χ0n) is 11.4. The van der Waals surface area contributed by atoms with Crippen LogP contribution >= 0.6 is 23.2 Å². The van der Waals surface area contributed by atoms with Crippen LogP contribution in [-0.2, 0) is 0 Å². The van der Waals surface area contributed by atoms with Gasteiger partial charge in [-0.2, -0.15) is 0 Å². The molecule has 112 valence electrons. The van der Waals surface area contributed by atoms with Crippen molar-refractivity contribution in [2.24, 2.45) is 0 Å². The number of halogens is 3. The number of aliphatic hydroxyl groups is 1. The van der Waals surface area contributed by atoms with E-state index in [1.807, 2.05) is 0 Å². The van der Waals surface area contributed by atoms with Crippen LogP contribution in [0, 0.1) is 5.82 Å². The van der Waals surface area contributed by atoms with Crippen LogP contribution in [0.5, 0.6) is 11.5 Å². The first-order valence-electron chi connectivity index (χ1n) is 6.03. The molecule has 6 heteroatoms. The summed E-state index contributed by atoms with van der Waals surface area (Å²) in [7, 11) is 2.91. The fraction of sp³-hybridized carbons (Fsp3) is 0.200. The number of aliphatic hydroxyl groups excluding tert-OH is 1. The normalized spacial score (nSPS) is 12.1. The molecule has 1 N–H and O–H groups in total. The second kappa shape index (κ2) is 6.52. The van der Waals surface area contributed by atoms with E-state index in [2.05, 4.69) is 0 Å². The molecular formula is C15H13Cl2FO3. The highest BCUT2D eigenvalue weighted by molar-refractivity contribution is 6.33. The van der Waals surface area contributed by atoms with Gasteiger partial charge in [-0.15, -0.1) is 0 Å². The molecule has 2 rings (SSSR count). The van der Waals surface area contributed by atoms with E-state index < -0.39 is 11.9 Å². The highest BCUT2D eigenvalue weighted by Gasteiger charge is 2.21. The average Bonchev–Trinajstić information content (AvgIpc) is 2.49. The summed E-state index contributed by atoms with van der Waals surface area (Å²) < 4.78 is 23.8. The predicted molar refractivity (Wildman–Crippen MR) is 80.0 cm³/mol. The summed E-state index contributed by atoms with van der Waals surface area (Å²) in [5.41, 5.74) is 0.751. The smallest absolute Gasteiger partial charge is 0.147 e. The standard InChI is InChI=1S/C15H13Cl2FO3/c1-20-12-6-4-9(15(21-2)13(12)17)14(19)8-3-5-10(16)11(18)7-8/h3-7,14,19H,1-2H3. The van der Waals surface area contributed by atoms with Crippen molar-refractivity contribution in [2.45, 2.75) is 6.10 Å². The molecule has 0 radical (unpaired) electrons. The van der Waals surface area contributed by atoms with E-state index in [9.17, 15) is 9.50 Å². The summed E-state index contributed by atoms with van der Waals surface area (Å²) in [5.74, 6) is 0.0948. The molecule has 0 saturated carbocycles. The fourth-order valence-electron chi connectivity index (χ4n) is 2.00. The average molecular weight is 331 g/mol. The minimum atomic E-state index is -1.10. The number of hydrogen-bond donors (Lipinski definition) is 1. The Morgan fingerprint density at radius 2 is 1.81 bits per heavy atom. The van der Waals surface area contributed by atoms with Gasteiger partial charge in [0.15, 0.2) is 0 Å². The lowest BCUT2D eigenvalue weighted by Gasteiger charge is -2.18. The maximum Gasteiger partial charge on any atom is 0.147 e. The van der Waals surface area contributed by atoms with E-state index in [-0.39, 0.29) is 15.8 Å². The predicted octanol–water partition coefficient (Wildman–Crippen LogP) is 4.23. The second-order valence-electron chi connectivity index (χ2n) is 4.28.